The third-order valence-corrected chi connectivity index (χ3v) is 10.5. The van der Waals surface area contributed by atoms with Crippen LogP contribution in [0.1, 0.15) is 0 Å². The van der Waals surface area contributed by atoms with Crippen molar-refractivity contribution in [2.24, 2.45) is 0 Å². The standard InChI is InChI=1S/C42H26N2S/c1-2-10-29(11-3-1)44-36-15-7-4-12-31(36)32-23-20-28(26-39(32)44)27-18-21-30(22-19-27)43-37-16-8-5-14-35(37)41-38(43)25-24-34-33-13-6-9-17-40(33)45-42(34)41/h1-26H. The summed E-state index contributed by atoms with van der Waals surface area (Å²) in [5.74, 6) is 0. The van der Waals surface area contributed by atoms with Crippen molar-refractivity contribution in [3.63, 3.8) is 0 Å². The van der Waals surface area contributed by atoms with Crippen LogP contribution >= 0.6 is 11.3 Å². The molecule has 10 rings (SSSR count). The molecule has 0 saturated heterocycles. The highest BCUT2D eigenvalue weighted by Crippen LogP contribution is 2.43. The van der Waals surface area contributed by atoms with Crippen molar-refractivity contribution in [2.45, 2.75) is 0 Å². The second-order valence-electron chi connectivity index (χ2n) is 11.8. The van der Waals surface area contributed by atoms with Crippen LogP contribution in [0.2, 0.25) is 0 Å². The number of rotatable bonds is 3. The average molecular weight is 591 g/mol. The molecule has 0 fully saturated rings. The number of para-hydroxylation sites is 3. The minimum absolute atomic E-state index is 1.17. The van der Waals surface area contributed by atoms with Crippen molar-refractivity contribution in [1.29, 1.82) is 0 Å². The predicted octanol–water partition coefficient (Wildman–Crippen LogP) is 11.9. The van der Waals surface area contributed by atoms with E-state index in [4.69, 9.17) is 0 Å². The van der Waals surface area contributed by atoms with Crippen LogP contribution in [-0.4, -0.2) is 9.13 Å². The van der Waals surface area contributed by atoms with Crippen LogP contribution in [0.15, 0.2) is 158 Å². The maximum absolute atomic E-state index is 2.43. The van der Waals surface area contributed by atoms with Gasteiger partial charge in [-0.2, -0.15) is 0 Å². The van der Waals surface area contributed by atoms with E-state index in [2.05, 4.69) is 167 Å². The lowest BCUT2D eigenvalue weighted by Crippen LogP contribution is -1.94. The van der Waals surface area contributed by atoms with E-state index in [0.717, 1.165) is 0 Å². The van der Waals surface area contributed by atoms with E-state index in [1.54, 1.807) is 0 Å². The largest absolute Gasteiger partial charge is 0.309 e. The van der Waals surface area contributed by atoms with Gasteiger partial charge in [-0.15, -0.1) is 11.3 Å². The van der Waals surface area contributed by atoms with Gasteiger partial charge in [0.05, 0.1) is 22.1 Å². The summed E-state index contributed by atoms with van der Waals surface area (Å²) in [6.07, 6.45) is 0. The zero-order valence-electron chi connectivity index (χ0n) is 24.3. The maximum Gasteiger partial charge on any atom is 0.0555 e. The van der Waals surface area contributed by atoms with Crippen molar-refractivity contribution in [1.82, 2.24) is 9.13 Å². The van der Waals surface area contributed by atoms with Gasteiger partial charge in [0.2, 0.25) is 0 Å². The van der Waals surface area contributed by atoms with Gasteiger partial charge >= 0.3 is 0 Å². The normalized spacial score (nSPS) is 12.0. The van der Waals surface area contributed by atoms with Crippen LogP contribution in [0.25, 0.3) is 86.3 Å². The van der Waals surface area contributed by atoms with E-state index in [9.17, 15) is 0 Å². The Kier molecular flexibility index (Phi) is 5.19. The molecule has 0 unspecified atom stereocenters. The van der Waals surface area contributed by atoms with Gasteiger partial charge in [-0.05, 0) is 65.7 Å². The van der Waals surface area contributed by atoms with Crippen LogP contribution < -0.4 is 0 Å². The quantitative estimate of drug-likeness (QED) is 0.194. The summed E-state index contributed by atoms with van der Waals surface area (Å²) in [5.41, 5.74) is 9.70. The number of nitrogens with zero attached hydrogens (tertiary/aromatic N) is 2. The van der Waals surface area contributed by atoms with E-state index in [1.165, 1.54) is 86.3 Å². The topological polar surface area (TPSA) is 9.86 Å². The number of fused-ring (bicyclic) bond motifs is 10. The van der Waals surface area contributed by atoms with Crippen LogP contribution in [0.3, 0.4) is 0 Å². The second-order valence-corrected chi connectivity index (χ2v) is 12.8. The fourth-order valence-electron chi connectivity index (χ4n) is 7.32. The van der Waals surface area contributed by atoms with Gasteiger partial charge in [0.1, 0.15) is 0 Å². The van der Waals surface area contributed by atoms with Gasteiger partial charge in [0.25, 0.3) is 0 Å². The van der Waals surface area contributed by atoms with Crippen LogP contribution in [0.5, 0.6) is 0 Å². The lowest BCUT2D eigenvalue weighted by Gasteiger charge is -2.11. The van der Waals surface area contributed by atoms with Crippen molar-refractivity contribution in [3.05, 3.63) is 158 Å². The highest BCUT2D eigenvalue weighted by atomic mass is 32.1. The second kappa shape index (κ2) is 9.43. The van der Waals surface area contributed by atoms with Crippen molar-refractivity contribution < 1.29 is 0 Å². The van der Waals surface area contributed by atoms with E-state index in [-0.39, 0.29) is 0 Å². The van der Waals surface area contributed by atoms with E-state index in [1.807, 2.05) is 11.3 Å². The Hall–Kier alpha value is -5.64. The number of hydrogen-bond donors (Lipinski definition) is 0. The predicted molar refractivity (Wildman–Crippen MR) is 193 cm³/mol. The molecule has 0 aliphatic rings. The fourth-order valence-corrected chi connectivity index (χ4v) is 8.58. The average Bonchev–Trinajstić information content (AvgIpc) is 3.76. The molecule has 0 N–H and O–H groups in total. The zero-order valence-corrected chi connectivity index (χ0v) is 25.1. The molecule has 0 bridgehead atoms. The number of thiophene rings is 1. The van der Waals surface area contributed by atoms with Crippen molar-refractivity contribution in [3.8, 4) is 22.5 Å². The van der Waals surface area contributed by atoms with Crippen molar-refractivity contribution >= 4 is 75.1 Å². The van der Waals surface area contributed by atoms with Crippen LogP contribution in [0.4, 0.5) is 0 Å². The number of benzene rings is 7. The van der Waals surface area contributed by atoms with E-state index < -0.39 is 0 Å². The Balaban J connectivity index is 1.15. The maximum atomic E-state index is 2.43. The first kappa shape index (κ1) is 24.8. The summed E-state index contributed by atoms with van der Waals surface area (Å²) in [5, 5.41) is 7.86. The lowest BCUT2D eigenvalue weighted by molar-refractivity contribution is 1.18. The number of hydrogen-bond acceptors (Lipinski definition) is 1. The summed E-state index contributed by atoms with van der Waals surface area (Å²) < 4.78 is 7.51. The third kappa shape index (κ3) is 3.56. The van der Waals surface area contributed by atoms with Crippen LogP contribution in [-0.2, 0) is 0 Å². The molecule has 45 heavy (non-hydrogen) atoms. The SMILES string of the molecule is c1ccc(-n2c3ccccc3c3ccc(-c4ccc(-n5c6ccccc6c6c7sc8ccccc8c7ccc65)cc4)cc32)cc1. The molecular weight excluding hydrogens is 565 g/mol. The zero-order chi connectivity index (χ0) is 29.5. The third-order valence-electron chi connectivity index (χ3n) is 9.33. The highest BCUT2D eigenvalue weighted by Gasteiger charge is 2.18. The molecule has 3 heteroatoms. The molecule has 10 aromatic rings. The minimum Gasteiger partial charge on any atom is -0.309 e. The monoisotopic (exact) mass is 590 g/mol. The van der Waals surface area contributed by atoms with Gasteiger partial charge in [0, 0.05) is 53.1 Å². The molecule has 0 spiro atoms. The highest BCUT2D eigenvalue weighted by molar-refractivity contribution is 7.26. The first-order valence-electron chi connectivity index (χ1n) is 15.4. The Morgan fingerprint density at radius 1 is 0.356 bits per heavy atom. The molecule has 210 valence electrons. The Bertz CT molecular complexity index is 2740. The van der Waals surface area contributed by atoms with E-state index >= 15 is 0 Å². The lowest BCUT2D eigenvalue weighted by atomic mass is 10.0. The molecule has 0 atom stereocenters. The van der Waals surface area contributed by atoms with Gasteiger partial charge in [-0.25, -0.2) is 0 Å². The van der Waals surface area contributed by atoms with Gasteiger partial charge in [-0.1, -0.05) is 103 Å². The smallest absolute Gasteiger partial charge is 0.0555 e. The molecule has 0 radical (unpaired) electrons. The molecule has 0 saturated carbocycles. The minimum atomic E-state index is 1.17. The van der Waals surface area contributed by atoms with Gasteiger partial charge < -0.3 is 9.13 Å². The molecule has 0 amide bonds. The van der Waals surface area contributed by atoms with Crippen LogP contribution in [0, 0.1) is 0 Å². The molecule has 3 aromatic heterocycles. The molecule has 3 heterocycles. The summed E-state index contributed by atoms with van der Waals surface area (Å²) in [6, 6.07) is 57.5. The van der Waals surface area contributed by atoms with E-state index in [0.29, 0.717) is 0 Å². The van der Waals surface area contributed by atoms with Gasteiger partial charge in [0.15, 0.2) is 0 Å². The summed E-state index contributed by atoms with van der Waals surface area (Å²) >= 11 is 1.90. The summed E-state index contributed by atoms with van der Waals surface area (Å²) in [6.45, 7) is 0. The Labute approximate surface area is 263 Å². The molecular formula is C42H26N2S. The first-order valence-corrected chi connectivity index (χ1v) is 16.2. The summed E-state index contributed by atoms with van der Waals surface area (Å²) in [4.78, 5) is 0. The Morgan fingerprint density at radius 2 is 0.933 bits per heavy atom. The van der Waals surface area contributed by atoms with Gasteiger partial charge in [-0.3, -0.25) is 0 Å². The fraction of sp³-hybridized carbons (Fsp3) is 0. The summed E-state index contributed by atoms with van der Waals surface area (Å²) in [7, 11) is 0. The van der Waals surface area contributed by atoms with Crippen molar-refractivity contribution in [2.75, 3.05) is 0 Å². The number of aromatic nitrogens is 2. The molecule has 0 aliphatic carbocycles. The first-order chi connectivity index (χ1) is 22.3. The Morgan fingerprint density at radius 3 is 1.76 bits per heavy atom. The molecule has 7 aromatic carbocycles. The molecule has 2 nitrogen and oxygen atoms in total. The molecule has 0 aliphatic heterocycles.